The summed E-state index contributed by atoms with van der Waals surface area (Å²) in [6, 6.07) is 8.16. The fraction of sp³-hybridized carbons (Fsp3) is 0.188. The van der Waals surface area contributed by atoms with Crippen LogP contribution < -0.4 is 5.32 Å². The molecule has 0 aliphatic heterocycles. The van der Waals surface area contributed by atoms with Crippen molar-refractivity contribution in [3.63, 3.8) is 0 Å². The highest BCUT2D eigenvalue weighted by atomic mass is 19.2. The summed E-state index contributed by atoms with van der Waals surface area (Å²) in [4.78, 5) is 12.0. The number of amides is 1. The standard InChI is InChI=1S/C16H14F3NO3/c17-11-6-10(7-12(18)14(11)19)13(8-21)20-16(23)15(22)9-4-2-1-3-5-9/h1-7,13,15,21-22H,8H2,(H,20,23)/t13?,15-/m0/s1. The Morgan fingerprint density at radius 1 is 1.04 bits per heavy atom. The molecule has 0 saturated heterocycles. The zero-order valence-electron chi connectivity index (χ0n) is 11.8. The van der Waals surface area contributed by atoms with Crippen LogP contribution in [0.2, 0.25) is 0 Å². The van der Waals surface area contributed by atoms with Crippen LogP contribution in [-0.2, 0) is 4.79 Å². The Hall–Kier alpha value is -2.38. The van der Waals surface area contributed by atoms with Crippen molar-refractivity contribution >= 4 is 5.91 Å². The maximum Gasteiger partial charge on any atom is 0.254 e. The molecule has 122 valence electrons. The number of carbonyl (C=O) groups is 1. The van der Waals surface area contributed by atoms with Crippen molar-refractivity contribution in [2.24, 2.45) is 0 Å². The summed E-state index contributed by atoms with van der Waals surface area (Å²) in [6.45, 7) is -0.683. The molecular formula is C16H14F3NO3. The summed E-state index contributed by atoms with van der Waals surface area (Å²) in [5.41, 5.74) is 0.163. The minimum absolute atomic E-state index is 0.155. The number of halogens is 3. The van der Waals surface area contributed by atoms with Crippen LogP contribution >= 0.6 is 0 Å². The zero-order chi connectivity index (χ0) is 17.0. The second-order valence-electron chi connectivity index (χ2n) is 4.86. The molecular weight excluding hydrogens is 311 g/mol. The molecule has 2 aromatic carbocycles. The minimum Gasteiger partial charge on any atom is -0.394 e. The van der Waals surface area contributed by atoms with Gasteiger partial charge >= 0.3 is 0 Å². The van der Waals surface area contributed by atoms with Gasteiger partial charge in [0.05, 0.1) is 12.6 Å². The molecule has 1 unspecified atom stereocenters. The Morgan fingerprint density at radius 2 is 1.61 bits per heavy atom. The third kappa shape index (κ3) is 3.88. The van der Waals surface area contributed by atoms with Gasteiger partial charge in [0.15, 0.2) is 23.6 Å². The van der Waals surface area contributed by atoms with Crippen molar-refractivity contribution in [1.82, 2.24) is 5.32 Å². The number of hydrogen-bond donors (Lipinski definition) is 3. The van der Waals surface area contributed by atoms with Crippen molar-refractivity contribution in [2.75, 3.05) is 6.61 Å². The van der Waals surface area contributed by atoms with Crippen LogP contribution in [-0.4, -0.2) is 22.7 Å². The second-order valence-corrected chi connectivity index (χ2v) is 4.86. The molecule has 0 saturated carbocycles. The maximum absolute atomic E-state index is 13.2. The van der Waals surface area contributed by atoms with Gasteiger partial charge in [-0.2, -0.15) is 0 Å². The first-order valence-corrected chi connectivity index (χ1v) is 6.72. The summed E-state index contributed by atoms with van der Waals surface area (Å²) >= 11 is 0. The van der Waals surface area contributed by atoms with Gasteiger partial charge in [-0.25, -0.2) is 13.2 Å². The van der Waals surface area contributed by atoms with E-state index < -0.39 is 42.1 Å². The highest BCUT2D eigenvalue weighted by Gasteiger charge is 2.23. The highest BCUT2D eigenvalue weighted by Crippen LogP contribution is 2.21. The molecule has 1 amide bonds. The van der Waals surface area contributed by atoms with E-state index in [1.54, 1.807) is 18.2 Å². The molecule has 2 aromatic rings. The van der Waals surface area contributed by atoms with Gasteiger partial charge in [0.25, 0.3) is 5.91 Å². The predicted octanol–water partition coefficient (Wildman–Crippen LogP) is 1.99. The lowest BCUT2D eigenvalue weighted by atomic mass is 10.0. The van der Waals surface area contributed by atoms with Crippen molar-refractivity contribution < 1.29 is 28.2 Å². The van der Waals surface area contributed by atoms with E-state index >= 15 is 0 Å². The topological polar surface area (TPSA) is 69.6 Å². The van der Waals surface area contributed by atoms with E-state index in [9.17, 15) is 28.2 Å². The van der Waals surface area contributed by atoms with Crippen molar-refractivity contribution in [2.45, 2.75) is 12.1 Å². The van der Waals surface area contributed by atoms with Crippen LogP contribution in [0.5, 0.6) is 0 Å². The monoisotopic (exact) mass is 325 g/mol. The predicted molar refractivity (Wildman–Crippen MR) is 75.7 cm³/mol. The van der Waals surface area contributed by atoms with E-state index in [4.69, 9.17) is 0 Å². The van der Waals surface area contributed by atoms with Gasteiger partial charge in [-0.05, 0) is 23.3 Å². The molecule has 0 aliphatic rings. The quantitative estimate of drug-likeness (QED) is 0.736. The molecule has 4 nitrogen and oxygen atoms in total. The van der Waals surface area contributed by atoms with Crippen LogP contribution in [0.25, 0.3) is 0 Å². The SMILES string of the molecule is O=C(NC(CO)c1cc(F)c(F)c(F)c1)[C@@H](O)c1ccccc1. The fourth-order valence-electron chi connectivity index (χ4n) is 2.05. The number of rotatable bonds is 5. The van der Waals surface area contributed by atoms with Crippen molar-refractivity contribution in [1.29, 1.82) is 0 Å². The van der Waals surface area contributed by atoms with E-state index in [2.05, 4.69) is 5.32 Å². The summed E-state index contributed by atoms with van der Waals surface area (Å²) in [7, 11) is 0. The maximum atomic E-state index is 13.2. The normalized spacial score (nSPS) is 13.4. The third-order valence-electron chi connectivity index (χ3n) is 3.27. The van der Waals surface area contributed by atoms with Gasteiger partial charge < -0.3 is 15.5 Å². The van der Waals surface area contributed by atoms with Crippen LogP contribution in [0.1, 0.15) is 23.3 Å². The lowest BCUT2D eigenvalue weighted by molar-refractivity contribution is -0.130. The number of nitrogens with one attached hydrogen (secondary N) is 1. The molecule has 3 N–H and O–H groups in total. The van der Waals surface area contributed by atoms with E-state index in [1.807, 2.05) is 0 Å². The Morgan fingerprint density at radius 3 is 2.13 bits per heavy atom. The highest BCUT2D eigenvalue weighted by molar-refractivity contribution is 5.82. The van der Waals surface area contributed by atoms with Crippen LogP contribution in [0.15, 0.2) is 42.5 Å². The van der Waals surface area contributed by atoms with Crippen molar-refractivity contribution in [3.05, 3.63) is 71.0 Å². The van der Waals surface area contributed by atoms with Gasteiger partial charge in [-0.3, -0.25) is 4.79 Å². The minimum atomic E-state index is -1.64. The van der Waals surface area contributed by atoms with Gasteiger partial charge in [0.1, 0.15) is 0 Å². The number of aliphatic hydroxyl groups excluding tert-OH is 2. The van der Waals surface area contributed by atoms with Crippen molar-refractivity contribution in [3.8, 4) is 0 Å². The molecule has 2 atom stereocenters. The molecule has 0 heterocycles. The van der Waals surface area contributed by atoms with Gasteiger partial charge in [-0.15, -0.1) is 0 Å². The van der Waals surface area contributed by atoms with Crippen LogP contribution in [0.3, 0.4) is 0 Å². The summed E-state index contributed by atoms with van der Waals surface area (Å²) in [5, 5.41) is 21.5. The first-order chi connectivity index (χ1) is 10.9. The smallest absolute Gasteiger partial charge is 0.254 e. The zero-order valence-corrected chi connectivity index (χ0v) is 11.8. The third-order valence-corrected chi connectivity index (χ3v) is 3.27. The first-order valence-electron chi connectivity index (χ1n) is 6.72. The first kappa shape index (κ1) is 17.0. The van der Waals surface area contributed by atoms with Crippen LogP contribution in [0, 0.1) is 17.5 Å². The molecule has 23 heavy (non-hydrogen) atoms. The van der Waals surface area contributed by atoms with E-state index in [0.29, 0.717) is 17.7 Å². The number of hydrogen-bond acceptors (Lipinski definition) is 3. The van der Waals surface area contributed by atoms with E-state index in [0.717, 1.165) is 0 Å². The molecule has 0 radical (unpaired) electrons. The Balaban J connectivity index is 2.18. The Labute approximate surface area is 130 Å². The summed E-state index contributed by atoms with van der Waals surface area (Å²) < 4.78 is 39.4. The summed E-state index contributed by atoms with van der Waals surface area (Å²) in [6.07, 6.45) is -1.51. The molecule has 0 fully saturated rings. The lowest BCUT2D eigenvalue weighted by Gasteiger charge is -2.19. The average molecular weight is 325 g/mol. The van der Waals surface area contributed by atoms with E-state index in [1.165, 1.54) is 12.1 Å². The average Bonchev–Trinajstić information content (AvgIpc) is 2.57. The molecule has 0 bridgehead atoms. The van der Waals surface area contributed by atoms with Gasteiger partial charge in [0, 0.05) is 0 Å². The largest absolute Gasteiger partial charge is 0.394 e. The number of aliphatic hydroxyl groups is 2. The number of benzene rings is 2. The Bertz CT molecular complexity index is 671. The second kappa shape index (κ2) is 7.26. The fourth-order valence-corrected chi connectivity index (χ4v) is 2.05. The van der Waals surface area contributed by atoms with Gasteiger partial charge in [0.2, 0.25) is 0 Å². The lowest BCUT2D eigenvalue weighted by Crippen LogP contribution is -2.34. The summed E-state index contributed by atoms with van der Waals surface area (Å²) in [5.74, 6) is -5.37. The van der Waals surface area contributed by atoms with Gasteiger partial charge in [-0.1, -0.05) is 30.3 Å². The molecule has 2 rings (SSSR count). The molecule has 0 spiro atoms. The molecule has 0 aliphatic carbocycles. The van der Waals surface area contributed by atoms with E-state index in [-0.39, 0.29) is 5.56 Å². The van der Waals surface area contributed by atoms with Crippen LogP contribution in [0.4, 0.5) is 13.2 Å². The Kier molecular flexibility index (Phi) is 5.36. The molecule has 0 aromatic heterocycles. The molecule has 7 heteroatoms. The number of carbonyl (C=O) groups excluding carboxylic acids is 1.